The van der Waals surface area contributed by atoms with E-state index in [0.29, 0.717) is 16.3 Å². The molecule has 3 rings (SSSR count). The predicted octanol–water partition coefficient (Wildman–Crippen LogP) is 4.99. The first-order valence-electron chi connectivity index (χ1n) is 8.30. The Morgan fingerprint density at radius 1 is 1.16 bits per heavy atom. The predicted molar refractivity (Wildman–Crippen MR) is 105 cm³/mol. The van der Waals surface area contributed by atoms with Crippen molar-refractivity contribution in [3.8, 4) is 10.6 Å². The first-order valence-corrected chi connectivity index (χ1v) is 11.5. The SMILES string of the molecule is Cc1nc(C(F)F)sc1-c1csc(NC(=O)Cc2ccc(S(=O)(=O)C(F)(F)F)cc2)n1. The Balaban J connectivity index is 1.67. The highest BCUT2D eigenvalue weighted by atomic mass is 32.2. The maximum atomic E-state index is 12.8. The van der Waals surface area contributed by atoms with Crippen LogP contribution in [-0.2, 0) is 21.1 Å². The third-order valence-corrected chi connectivity index (χ3v) is 7.33. The van der Waals surface area contributed by atoms with Gasteiger partial charge in [0.25, 0.3) is 16.3 Å². The molecule has 166 valence electrons. The van der Waals surface area contributed by atoms with E-state index < -0.39 is 32.6 Å². The number of thiazole rings is 2. The Labute approximate surface area is 180 Å². The van der Waals surface area contributed by atoms with Crippen LogP contribution in [0, 0.1) is 6.92 Å². The molecule has 1 aromatic carbocycles. The van der Waals surface area contributed by atoms with Crippen molar-refractivity contribution in [1.29, 1.82) is 0 Å². The molecule has 0 unspecified atom stereocenters. The number of sulfone groups is 1. The van der Waals surface area contributed by atoms with Gasteiger partial charge < -0.3 is 5.32 Å². The molecule has 1 amide bonds. The third-order valence-electron chi connectivity index (χ3n) is 3.89. The zero-order valence-corrected chi connectivity index (χ0v) is 17.9. The van der Waals surface area contributed by atoms with E-state index in [9.17, 15) is 35.2 Å². The lowest BCUT2D eigenvalue weighted by Gasteiger charge is -2.08. The number of halogens is 5. The summed E-state index contributed by atoms with van der Waals surface area (Å²) in [5, 5.41) is 3.94. The number of nitrogens with one attached hydrogen (secondary N) is 1. The summed E-state index contributed by atoms with van der Waals surface area (Å²) in [6.45, 7) is 1.57. The van der Waals surface area contributed by atoms with Gasteiger partial charge in [0.1, 0.15) is 0 Å². The molecule has 14 heteroatoms. The largest absolute Gasteiger partial charge is 0.501 e. The first-order chi connectivity index (χ1) is 14.4. The Kier molecular flexibility index (Phi) is 6.43. The van der Waals surface area contributed by atoms with Crippen molar-refractivity contribution in [2.24, 2.45) is 0 Å². The number of carbonyl (C=O) groups excluding carboxylic acids is 1. The summed E-state index contributed by atoms with van der Waals surface area (Å²) in [6, 6.07) is 3.77. The van der Waals surface area contributed by atoms with Crippen molar-refractivity contribution < 1.29 is 35.2 Å². The number of nitrogens with zero attached hydrogens (tertiary/aromatic N) is 2. The first kappa shape index (κ1) is 23.2. The summed E-state index contributed by atoms with van der Waals surface area (Å²) in [7, 11) is -5.46. The zero-order chi connectivity index (χ0) is 23.0. The van der Waals surface area contributed by atoms with E-state index in [2.05, 4.69) is 15.3 Å². The molecule has 31 heavy (non-hydrogen) atoms. The van der Waals surface area contributed by atoms with E-state index in [0.717, 1.165) is 46.9 Å². The van der Waals surface area contributed by atoms with Crippen molar-refractivity contribution >= 4 is 43.5 Å². The smallest absolute Gasteiger partial charge is 0.302 e. The average Bonchev–Trinajstić information content (AvgIpc) is 3.27. The standard InChI is InChI=1S/C17H12F5N3O3S3/c1-8-13(30-15(23-8)14(18)19)11-7-29-16(24-11)25-12(26)6-9-2-4-10(5-3-9)31(27,28)17(20,21)22/h2-5,7,14H,6H2,1H3,(H,24,25,26). The summed E-state index contributed by atoms with van der Waals surface area (Å²) in [4.78, 5) is 19.7. The van der Waals surface area contributed by atoms with Crippen molar-refractivity contribution in [2.75, 3.05) is 5.32 Å². The van der Waals surface area contributed by atoms with Crippen molar-refractivity contribution in [1.82, 2.24) is 9.97 Å². The molecule has 3 aromatic rings. The molecule has 0 fully saturated rings. The second-order valence-electron chi connectivity index (χ2n) is 6.12. The van der Waals surface area contributed by atoms with Crippen LogP contribution in [0.5, 0.6) is 0 Å². The van der Waals surface area contributed by atoms with Gasteiger partial charge >= 0.3 is 5.51 Å². The van der Waals surface area contributed by atoms with E-state index in [4.69, 9.17) is 0 Å². The molecule has 0 aliphatic heterocycles. The fourth-order valence-corrected chi connectivity index (χ4v) is 4.89. The Bertz CT molecular complexity index is 1200. The van der Waals surface area contributed by atoms with Gasteiger partial charge in [0, 0.05) is 5.38 Å². The van der Waals surface area contributed by atoms with Crippen molar-refractivity contribution in [3.05, 3.63) is 45.9 Å². The number of carbonyl (C=O) groups is 1. The highest BCUT2D eigenvalue weighted by Gasteiger charge is 2.46. The molecule has 0 atom stereocenters. The molecular formula is C17H12F5N3O3S3. The van der Waals surface area contributed by atoms with Gasteiger partial charge in [-0.05, 0) is 24.6 Å². The number of aromatic nitrogens is 2. The molecular weight excluding hydrogens is 485 g/mol. The van der Waals surface area contributed by atoms with Gasteiger partial charge in [-0.25, -0.2) is 27.2 Å². The minimum atomic E-state index is -5.46. The Morgan fingerprint density at radius 2 is 1.81 bits per heavy atom. The van der Waals surface area contributed by atoms with Crippen LogP contribution in [0.1, 0.15) is 22.7 Å². The number of amides is 1. The van der Waals surface area contributed by atoms with Crippen LogP contribution in [0.2, 0.25) is 0 Å². The van der Waals surface area contributed by atoms with Crippen LogP contribution < -0.4 is 5.32 Å². The summed E-state index contributed by atoms with van der Waals surface area (Å²) >= 11 is 1.86. The quantitative estimate of drug-likeness (QED) is 0.485. The third kappa shape index (κ3) is 5.07. The monoisotopic (exact) mass is 497 g/mol. The molecule has 1 N–H and O–H groups in total. The summed E-state index contributed by atoms with van der Waals surface area (Å²) < 4.78 is 86.0. The molecule has 2 aromatic heterocycles. The highest BCUT2D eigenvalue weighted by Crippen LogP contribution is 2.35. The molecule has 0 saturated heterocycles. The van der Waals surface area contributed by atoms with Gasteiger partial charge in [0.2, 0.25) is 5.91 Å². The van der Waals surface area contributed by atoms with Gasteiger partial charge in [-0.3, -0.25) is 4.79 Å². The average molecular weight is 497 g/mol. The highest BCUT2D eigenvalue weighted by molar-refractivity contribution is 7.92. The lowest BCUT2D eigenvalue weighted by atomic mass is 10.1. The maximum Gasteiger partial charge on any atom is 0.501 e. The lowest BCUT2D eigenvalue weighted by Crippen LogP contribution is -2.23. The normalized spacial score (nSPS) is 12.4. The number of hydrogen-bond donors (Lipinski definition) is 1. The maximum absolute atomic E-state index is 12.8. The zero-order valence-electron chi connectivity index (χ0n) is 15.4. The van der Waals surface area contributed by atoms with Crippen LogP contribution in [0.15, 0.2) is 34.5 Å². The Morgan fingerprint density at radius 3 is 2.35 bits per heavy atom. The molecule has 0 bridgehead atoms. The van der Waals surface area contributed by atoms with E-state index >= 15 is 0 Å². The van der Waals surface area contributed by atoms with Crippen LogP contribution >= 0.6 is 22.7 Å². The summed E-state index contributed by atoms with van der Waals surface area (Å²) in [6.07, 6.45) is -2.94. The lowest BCUT2D eigenvalue weighted by molar-refractivity contribution is -0.115. The number of benzene rings is 1. The van der Waals surface area contributed by atoms with Crippen LogP contribution in [0.3, 0.4) is 0 Å². The second kappa shape index (κ2) is 8.59. The van der Waals surface area contributed by atoms with Crippen molar-refractivity contribution in [3.63, 3.8) is 0 Å². The van der Waals surface area contributed by atoms with Crippen LogP contribution in [0.4, 0.5) is 27.1 Å². The number of hydrogen-bond acceptors (Lipinski definition) is 7. The molecule has 2 heterocycles. The molecule has 0 saturated carbocycles. The fraction of sp³-hybridized carbons (Fsp3) is 0.235. The van der Waals surface area contributed by atoms with Gasteiger partial charge in [-0.15, -0.1) is 22.7 Å². The van der Waals surface area contributed by atoms with Gasteiger partial charge in [0.15, 0.2) is 10.1 Å². The number of rotatable bonds is 6. The topological polar surface area (TPSA) is 89.0 Å². The van der Waals surface area contributed by atoms with Crippen LogP contribution in [-0.4, -0.2) is 29.8 Å². The van der Waals surface area contributed by atoms with E-state index in [1.54, 1.807) is 12.3 Å². The van der Waals surface area contributed by atoms with Gasteiger partial charge in [0.05, 0.1) is 27.6 Å². The van der Waals surface area contributed by atoms with E-state index in [-0.39, 0.29) is 22.1 Å². The molecule has 0 aliphatic rings. The number of aryl methyl sites for hydroxylation is 1. The molecule has 0 spiro atoms. The fourth-order valence-electron chi connectivity index (χ4n) is 2.45. The van der Waals surface area contributed by atoms with E-state index in [1.807, 2.05) is 0 Å². The van der Waals surface area contributed by atoms with Crippen molar-refractivity contribution in [2.45, 2.75) is 30.2 Å². The molecule has 6 nitrogen and oxygen atoms in total. The minimum absolute atomic E-state index is 0.197. The number of anilines is 1. The molecule has 0 radical (unpaired) electrons. The second-order valence-corrected chi connectivity index (χ2v) is 9.95. The van der Waals surface area contributed by atoms with Gasteiger partial charge in [-0.2, -0.15) is 13.2 Å². The summed E-state index contributed by atoms with van der Waals surface area (Å²) in [5.41, 5.74) is -4.36. The van der Waals surface area contributed by atoms with Crippen LogP contribution in [0.25, 0.3) is 10.6 Å². The number of alkyl halides is 5. The van der Waals surface area contributed by atoms with Gasteiger partial charge in [-0.1, -0.05) is 12.1 Å². The molecule has 0 aliphatic carbocycles. The Hall–Kier alpha value is -2.45. The van der Waals surface area contributed by atoms with E-state index in [1.165, 1.54) is 0 Å². The summed E-state index contributed by atoms with van der Waals surface area (Å²) in [5.74, 6) is -0.540. The minimum Gasteiger partial charge on any atom is -0.302 e.